The van der Waals surface area contributed by atoms with Crippen LogP contribution in [-0.4, -0.2) is 27.3 Å². The van der Waals surface area contributed by atoms with Crippen LogP contribution in [0, 0.1) is 5.82 Å². The Morgan fingerprint density at radius 1 is 1.15 bits per heavy atom. The SMILES string of the molecule is CCOC(=O)c1nnc2n1-c1ccc(OCc3ccc(F)cc3)cc1CC2. The first-order valence-corrected chi connectivity index (χ1v) is 8.77. The zero-order chi connectivity index (χ0) is 18.8. The molecule has 2 aromatic carbocycles. The Hall–Kier alpha value is -3.22. The molecule has 0 spiro atoms. The van der Waals surface area contributed by atoms with Gasteiger partial charge < -0.3 is 9.47 Å². The number of rotatable bonds is 5. The van der Waals surface area contributed by atoms with Crippen molar-refractivity contribution in [1.29, 1.82) is 0 Å². The van der Waals surface area contributed by atoms with Crippen molar-refractivity contribution in [1.82, 2.24) is 14.8 Å². The van der Waals surface area contributed by atoms with Crippen molar-refractivity contribution in [2.75, 3.05) is 6.61 Å². The number of ether oxygens (including phenoxy) is 2. The van der Waals surface area contributed by atoms with E-state index in [-0.39, 0.29) is 18.2 Å². The molecule has 0 atom stereocenters. The molecule has 7 heteroatoms. The van der Waals surface area contributed by atoms with Crippen molar-refractivity contribution < 1.29 is 18.7 Å². The predicted octanol–water partition coefficient (Wildman–Crippen LogP) is 3.26. The van der Waals surface area contributed by atoms with Gasteiger partial charge in [0.15, 0.2) is 0 Å². The maximum absolute atomic E-state index is 13.0. The zero-order valence-electron chi connectivity index (χ0n) is 14.8. The Bertz CT molecular complexity index is 983. The van der Waals surface area contributed by atoms with Crippen molar-refractivity contribution in [3.05, 3.63) is 71.1 Å². The lowest BCUT2D eigenvalue weighted by Gasteiger charge is -2.20. The Morgan fingerprint density at radius 2 is 1.96 bits per heavy atom. The van der Waals surface area contributed by atoms with Gasteiger partial charge in [0.05, 0.1) is 12.3 Å². The lowest BCUT2D eigenvalue weighted by molar-refractivity contribution is 0.0509. The van der Waals surface area contributed by atoms with Crippen LogP contribution in [0.15, 0.2) is 42.5 Å². The van der Waals surface area contributed by atoms with Gasteiger partial charge in [-0.15, -0.1) is 10.2 Å². The molecule has 3 aromatic rings. The van der Waals surface area contributed by atoms with Crippen LogP contribution in [-0.2, 0) is 24.2 Å². The van der Waals surface area contributed by atoms with Crippen LogP contribution >= 0.6 is 0 Å². The van der Waals surface area contributed by atoms with Crippen LogP contribution in [0.1, 0.15) is 34.5 Å². The molecule has 1 aromatic heterocycles. The molecule has 138 valence electrons. The number of hydrogen-bond donors (Lipinski definition) is 0. The molecule has 27 heavy (non-hydrogen) atoms. The van der Waals surface area contributed by atoms with Gasteiger partial charge in [-0.1, -0.05) is 12.1 Å². The molecule has 1 aliphatic heterocycles. The maximum Gasteiger partial charge on any atom is 0.376 e. The van der Waals surface area contributed by atoms with E-state index >= 15 is 0 Å². The van der Waals surface area contributed by atoms with Gasteiger partial charge in [0.25, 0.3) is 0 Å². The number of aryl methyl sites for hydroxylation is 2. The molecule has 2 heterocycles. The zero-order valence-corrected chi connectivity index (χ0v) is 14.8. The van der Waals surface area contributed by atoms with Crippen molar-refractivity contribution in [2.45, 2.75) is 26.4 Å². The normalized spacial score (nSPS) is 12.2. The summed E-state index contributed by atoms with van der Waals surface area (Å²) in [7, 11) is 0. The molecule has 0 N–H and O–H groups in total. The van der Waals surface area contributed by atoms with Gasteiger partial charge in [-0.3, -0.25) is 4.57 Å². The summed E-state index contributed by atoms with van der Waals surface area (Å²) in [6.45, 7) is 2.39. The average Bonchev–Trinajstić information content (AvgIpc) is 3.12. The van der Waals surface area contributed by atoms with Gasteiger partial charge >= 0.3 is 5.97 Å². The second kappa shape index (κ2) is 7.19. The largest absolute Gasteiger partial charge is 0.489 e. The second-order valence-corrected chi connectivity index (χ2v) is 6.20. The number of aromatic nitrogens is 3. The van der Waals surface area contributed by atoms with E-state index in [1.54, 1.807) is 23.6 Å². The number of halogens is 1. The van der Waals surface area contributed by atoms with E-state index in [0.29, 0.717) is 18.8 Å². The van der Waals surface area contributed by atoms with Crippen molar-refractivity contribution in [3.63, 3.8) is 0 Å². The summed E-state index contributed by atoms with van der Waals surface area (Å²) in [5.74, 6) is 0.890. The number of nitrogens with zero attached hydrogens (tertiary/aromatic N) is 3. The molecule has 1 aliphatic rings. The molecular formula is C20H18FN3O3. The van der Waals surface area contributed by atoms with E-state index in [9.17, 15) is 9.18 Å². The number of fused-ring (bicyclic) bond motifs is 3. The first-order valence-electron chi connectivity index (χ1n) is 8.77. The Morgan fingerprint density at radius 3 is 2.74 bits per heavy atom. The third kappa shape index (κ3) is 3.40. The smallest absolute Gasteiger partial charge is 0.376 e. The minimum atomic E-state index is -0.485. The molecule has 0 aliphatic carbocycles. The number of esters is 1. The van der Waals surface area contributed by atoms with E-state index in [2.05, 4.69) is 10.2 Å². The number of hydrogen-bond acceptors (Lipinski definition) is 5. The molecule has 0 saturated heterocycles. The number of carbonyl (C=O) groups excluding carboxylic acids is 1. The summed E-state index contributed by atoms with van der Waals surface area (Å²) in [5, 5.41) is 8.11. The fourth-order valence-corrected chi connectivity index (χ4v) is 3.12. The van der Waals surface area contributed by atoms with E-state index in [1.165, 1.54) is 12.1 Å². The highest BCUT2D eigenvalue weighted by molar-refractivity contribution is 5.86. The summed E-state index contributed by atoms with van der Waals surface area (Å²) in [5.41, 5.74) is 2.79. The summed E-state index contributed by atoms with van der Waals surface area (Å²) >= 11 is 0. The van der Waals surface area contributed by atoms with Gasteiger partial charge in [0, 0.05) is 6.42 Å². The molecular weight excluding hydrogens is 349 g/mol. The lowest BCUT2D eigenvalue weighted by Crippen LogP contribution is -2.18. The fourth-order valence-electron chi connectivity index (χ4n) is 3.12. The van der Waals surface area contributed by atoms with Crippen LogP contribution in [0.4, 0.5) is 4.39 Å². The summed E-state index contributed by atoms with van der Waals surface area (Å²) in [6.07, 6.45) is 1.46. The minimum Gasteiger partial charge on any atom is -0.489 e. The van der Waals surface area contributed by atoms with E-state index in [4.69, 9.17) is 9.47 Å². The van der Waals surface area contributed by atoms with Crippen LogP contribution in [0.3, 0.4) is 0 Å². The third-order valence-corrected chi connectivity index (χ3v) is 4.42. The average molecular weight is 367 g/mol. The van der Waals surface area contributed by atoms with Crippen molar-refractivity contribution in [3.8, 4) is 11.4 Å². The van der Waals surface area contributed by atoms with Gasteiger partial charge in [-0.05, 0) is 54.8 Å². The highest BCUT2D eigenvalue weighted by Gasteiger charge is 2.26. The maximum atomic E-state index is 13.0. The van der Waals surface area contributed by atoms with Crippen LogP contribution in [0.5, 0.6) is 5.75 Å². The van der Waals surface area contributed by atoms with Gasteiger partial charge in [-0.2, -0.15) is 0 Å². The van der Waals surface area contributed by atoms with Gasteiger partial charge in [0.2, 0.25) is 5.82 Å². The summed E-state index contributed by atoms with van der Waals surface area (Å²) in [4.78, 5) is 12.1. The van der Waals surface area contributed by atoms with Gasteiger partial charge in [0.1, 0.15) is 24.0 Å². The highest BCUT2D eigenvalue weighted by atomic mass is 19.1. The van der Waals surface area contributed by atoms with Crippen molar-refractivity contribution >= 4 is 5.97 Å². The number of carbonyl (C=O) groups is 1. The van der Waals surface area contributed by atoms with E-state index < -0.39 is 5.97 Å². The topological polar surface area (TPSA) is 66.2 Å². The molecule has 0 unspecified atom stereocenters. The van der Waals surface area contributed by atoms with Gasteiger partial charge in [-0.25, -0.2) is 9.18 Å². The summed E-state index contributed by atoms with van der Waals surface area (Å²) < 4.78 is 25.6. The lowest BCUT2D eigenvalue weighted by atomic mass is 10.0. The molecule has 0 fully saturated rings. The van der Waals surface area contributed by atoms with Crippen LogP contribution in [0.25, 0.3) is 5.69 Å². The standard InChI is InChI=1S/C20H18FN3O3/c1-2-26-20(25)19-23-22-18-10-5-14-11-16(8-9-17(14)24(18)19)27-12-13-3-6-15(21)7-4-13/h3-4,6-9,11H,2,5,10,12H2,1H3. The Balaban J connectivity index is 1.58. The molecule has 0 amide bonds. The summed E-state index contributed by atoms with van der Waals surface area (Å²) in [6, 6.07) is 11.9. The number of benzene rings is 2. The van der Waals surface area contributed by atoms with E-state index in [0.717, 1.165) is 29.1 Å². The van der Waals surface area contributed by atoms with E-state index in [1.807, 2.05) is 18.2 Å². The van der Waals surface area contributed by atoms with Crippen molar-refractivity contribution in [2.24, 2.45) is 0 Å². The molecule has 0 saturated carbocycles. The minimum absolute atomic E-state index is 0.188. The molecule has 0 bridgehead atoms. The fraction of sp³-hybridized carbons (Fsp3) is 0.250. The molecule has 6 nitrogen and oxygen atoms in total. The first-order chi connectivity index (χ1) is 13.2. The Kier molecular flexibility index (Phi) is 4.58. The molecule has 4 rings (SSSR count). The monoisotopic (exact) mass is 367 g/mol. The van der Waals surface area contributed by atoms with Crippen LogP contribution in [0.2, 0.25) is 0 Å². The second-order valence-electron chi connectivity index (χ2n) is 6.20. The van der Waals surface area contributed by atoms with Crippen LogP contribution < -0.4 is 4.74 Å². The third-order valence-electron chi connectivity index (χ3n) is 4.42. The predicted molar refractivity (Wildman–Crippen MR) is 95.5 cm³/mol. The molecule has 0 radical (unpaired) electrons. The quantitative estimate of drug-likeness (QED) is 0.648. The highest BCUT2D eigenvalue weighted by Crippen LogP contribution is 2.29. The Labute approximate surface area is 155 Å². The first kappa shape index (κ1) is 17.2.